The highest BCUT2D eigenvalue weighted by atomic mass is 35.5. The van der Waals surface area contributed by atoms with E-state index >= 15 is 0 Å². The Labute approximate surface area is 117 Å². The lowest BCUT2D eigenvalue weighted by atomic mass is 9.74. The summed E-state index contributed by atoms with van der Waals surface area (Å²) in [6.45, 7) is 4.81. The highest BCUT2D eigenvalue weighted by molar-refractivity contribution is 6.20. The van der Waals surface area contributed by atoms with Gasteiger partial charge in [0.25, 0.3) is 0 Å². The molecule has 1 aromatic carbocycles. The third-order valence-electron chi connectivity index (χ3n) is 4.70. The van der Waals surface area contributed by atoms with Crippen molar-refractivity contribution in [2.75, 3.05) is 0 Å². The third kappa shape index (κ3) is 3.75. The lowest BCUT2D eigenvalue weighted by molar-refractivity contribution is 0.198. The molecule has 0 aromatic heterocycles. The molecule has 1 fully saturated rings. The summed E-state index contributed by atoms with van der Waals surface area (Å²) in [5.41, 5.74) is 1.27. The van der Waals surface area contributed by atoms with Gasteiger partial charge in [-0.1, -0.05) is 57.0 Å². The molecule has 2 rings (SSSR count). The standard InChI is InChI=1S/C17H25Cl/c1-13-8-9-15(12-14(13)2)10-11-17(18)16-6-4-3-5-7-16/h3-7,13-15,17H,8-12H2,1-2H3. The Hall–Kier alpha value is -0.490. The minimum Gasteiger partial charge on any atom is -0.118 e. The lowest BCUT2D eigenvalue weighted by Gasteiger charge is -2.32. The second kappa shape index (κ2) is 6.61. The van der Waals surface area contributed by atoms with Crippen molar-refractivity contribution < 1.29 is 0 Å². The summed E-state index contributed by atoms with van der Waals surface area (Å²) < 4.78 is 0. The summed E-state index contributed by atoms with van der Waals surface area (Å²) >= 11 is 6.49. The molecule has 0 saturated heterocycles. The molecule has 100 valence electrons. The first-order valence-corrected chi connectivity index (χ1v) is 7.79. The highest BCUT2D eigenvalue weighted by Gasteiger charge is 2.24. The van der Waals surface area contributed by atoms with Gasteiger partial charge in [0.2, 0.25) is 0 Å². The van der Waals surface area contributed by atoms with Crippen molar-refractivity contribution in [2.45, 2.75) is 51.3 Å². The van der Waals surface area contributed by atoms with Gasteiger partial charge in [0.1, 0.15) is 0 Å². The quantitative estimate of drug-likeness (QED) is 0.601. The van der Waals surface area contributed by atoms with E-state index in [0.717, 1.165) is 24.2 Å². The van der Waals surface area contributed by atoms with Gasteiger partial charge in [-0.2, -0.15) is 0 Å². The first-order chi connectivity index (χ1) is 8.66. The zero-order valence-electron chi connectivity index (χ0n) is 11.6. The van der Waals surface area contributed by atoms with E-state index in [2.05, 4.69) is 44.2 Å². The molecule has 1 aromatic rings. The molecule has 0 spiro atoms. The summed E-state index contributed by atoms with van der Waals surface area (Å²) in [5, 5.41) is 0.195. The summed E-state index contributed by atoms with van der Waals surface area (Å²) in [6, 6.07) is 10.5. The molecule has 18 heavy (non-hydrogen) atoms. The largest absolute Gasteiger partial charge is 0.118 e. The summed E-state index contributed by atoms with van der Waals surface area (Å²) in [4.78, 5) is 0. The molecular formula is C17H25Cl. The Bertz CT molecular complexity index is 346. The van der Waals surface area contributed by atoms with Crippen molar-refractivity contribution in [2.24, 2.45) is 17.8 Å². The van der Waals surface area contributed by atoms with Gasteiger partial charge >= 0.3 is 0 Å². The molecule has 1 heteroatoms. The molecule has 1 aliphatic rings. The lowest BCUT2D eigenvalue weighted by Crippen LogP contribution is -2.20. The molecule has 1 aliphatic carbocycles. The number of hydrogen-bond donors (Lipinski definition) is 0. The number of benzene rings is 1. The van der Waals surface area contributed by atoms with Gasteiger partial charge in [0, 0.05) is 0 Å². The highest BCUT2D eigenvalue weighted by Crippen LogP contribution is 2.37. The Balaban J connectivity index is 1.78. The van der Waals surface area contributed by atoms with Crippen LogP contribution in [-0.2, 0) is 0 Å². The fourth-order valence-corrected chi connectivity index (χ4v) is 3.40. The van der Waals surface area contributed by atoms with E-state index in [-0.39, 0.29) is 5.38 Å². The van der Waals surface area contributed by atoms with Gasteiger partial charge in [0.05, 0.1) is 5.38 Å². The predicted octanol–water partition coefficient (Wildman–Crippen LogP) is 5.82. The molecular weight excluding hydrogens is 240 g/mol. The molecule has 0 heterocycles. The molecule has 4 atom stereocenters. The van der Waals surface area contributed by atoms with E-state index in [9.17, 15) is 0 Å². The topological polar surface area (TPSA) is 0 Å². The molecule has 4 unspecified atom stereocenters. The zero-order valence-corrected chi connectivity index (χ0v) is 12.4. The smallest absolute Gasteiger partial charge is 0.0585 e. The third-order valence-corrected chi connectivity index (χ3v) is 5.17. The van der Waals surface area contributed by atoms with Gasteiger partial charge in [-0.05, 0) is 42.6 Å². The van der Waals surface area contributed by atoms with Gasteiger partial charge in [-0.3, -0.25) is 0 Å². The maximum atomic E-state index is 6.49. The number of halogens is 1. The Morgan fingerprint density at radius 1 is 1.11 bits per heavy atom. The van der Waals surface area contributed by atoms with Crippen LogP contribution >= 0.6 is 11.6 Å². The molecule has 0 nitrogen and oxygen atoms in total. The molecule has 0 amide bonds. The van der Waals surface area contributed by atoms with Crippen LogP contribution in [0.3, 0.4) is 0 Å². The van der Waals surface area contributed by atoms with Gasteiger partial charge < -0.3 is 0 Å². The number of hydrogen-bond acceptors (Lipinski definition) is 0. The average molecular weight is 265 g/mol. The Morgan fingerprint density at radius 2 is 1.83 bits per heavy atom. The minimum atomic E-state index is 0.195. The van der Waals surface area contributed by atoms with Gasteiger partial charge in [0.15, 0.2) is 0 Å². The second-order valence-electron chi connectivity index (χ2n) is 6.09. The van der Waals surface area contributed by atoms with Crippen LogP contribution in [0.15, 0.2) is 30.3 Å². The van der Waals surface area contributed by atoms with Crippen molar-refractivity contribution in [1.29, 1.82) is 0 Å². The summed E-state index contributed by atoms with van der Waals surface area (Å²) in [7, 11) is 0. The van der Waals surface area contributed by atoms with Crippen LogP contribution < -0.4 is 0 Å². The van der Waals surface area contributed by atoms with Crippen LogP contribution in [0, 0.1) is 17.8 Å². The minimum absolute atomic E-state index is 0.195. The first-order valence-electron chi connectivity index (χ1n) is 7.36. The molecule has 0 radical (unpaired) electrons. The van der Waals surface area contributed by atoms with Crippen molar-refractivity contribution in [3.8, 4) is 0 Å². The Morgan fingerprint density at radius 3 is 2.50 bits per heavy atom. The monoisotopic (exact) mass is 264 g/mol. The van der Waals surface area contributed by atoms with Crippen LogP contribution in [0.1, 0.15) is 56.9 Å². The maximum Gasteiger partial charge on any atom is 0.0585 e. The number of alkyl halides is 1. The molecule has 0 bridgehead atoms. The first kappa shape index (κ1) is 13.9. The van der Waals surface area contributed by atoms with Crippen LogP contribution in [0.2, 0.25) is 0 Å². The molecule has 0 aliphatic heterocycles. The number of rotatable bonds is 4. The van der Waals surface area contributed by atoms with Crippen LogP contribution in [-0.4, -0.2) is 0 Å². The molecule has 1 saturated carbocycles. The fourth-order valence-electron chi connectivity index (χ4n) is 3.13. The maximum absolute atomic E-state index is 6.49. The van der Waals surface area contributed by atoms with Crippen molar-refractivity contribution >= 4 is 11.6 Å². The van der Waals surface area contributed by atoms with Crippen LogP contribution in [0.4, 0.5) is 0 Å². The van der Waals surface area contributed by atoms with E-state index in [1.165, 1.54) is 31.2 Å². The van der Waals surface area contributed by atoms with E-state index in [4.69, 9.17) is 11.6 Å². The van der Waals surface area contributed by atoms with E-state index in [0.29, 0.717) is 0 Å². The zero-order chi connectivity index (χ0) is 13.0. The normalized spacial score (nSPS) is 30.1. The van der Waals surface area contributed by atoms with Gasteiger partial charge in [-0.15, -0.1) is 11.6 Å². The van der Waals surface area contributed by atoms with Gasteiger partial charge in [-0.25, -0.2) is 0 Å². The van der Waals surface area contributed by atoms with Crippen LogP contribution in [0.5, 0.6) is 0 Å². The molecule has 0 N–H and O–H groups in total. The van der Waals surface area contributed by atoms with Crippen LogP contribution in [0.25, 0.3) is 0 Å². The average Bonchev–Trinajstić information content (AvgIpc) is 2.41. The van der Waals surface area contributed by atoms with Crippen molar-refractivity contribution in [1.82, 2.24) is 0 Å². The van der Waals surface area contributed by atoms with E-state index in [1.807, 2.05) is 0 Å². The Kier molecular flexibility index (Phi) is 5.12. The van der Waals surface area contributed by atoms with Crippen molar-refractivity contribution in [3.63, 3.8) is 0 Å². The fraction of sp³-hybridized carbons (Fsp3) is 0.647. The summed E-state index contributed by atoms with van der Waals surface area (Å²) in [5.74, 6) is 2.72. The summed E-state index contributed by atoms with van der Waals surface area (Å²) in [6.07, 6.45) is 6.63. The van der Waals surface area contributed by atoms with Crippen molar-refractivity contribution in [3.05, 3.63) is 35.9 Å². The SMILES string of the molecule is CC1CCC(CCC(Cl)c2ccccc2)CC1C. The second-order valence-corrected chi connectivity index (χ2v) is 6.62. The van der Waals surface area contributed by atoms with E-state index in [1.54, 1.807) is 0 Å². The predicted molar refractivity (Wildman–Crippen MR) is 79.9 cm³/mol. The van der Waals surface area contributed by atoms with E-state index < -0.39 is 0 Å².